The number of nitriles is 1. The molecule has 0 unspecified atom stereocenters. The van der Waals surface area contributed by atoms with Gasteiger partial charge >= 0.3 is 0 Å². The lowest BCUT2D eigenvalue weighted by atomic mass is 10.2. The van der Waals surface area contributed by atoms with Crippen molar-refractivity contribution in [3.8, 4) is 6.07 Å². The number of nitrogens with zero attached hydrogens (tertiary/aromatic N) is 1. The molecule has 0 aliphatic rings. The van der Waals surface area contributed by atoms with Gasteiger partial charge in [-0.25, -0.2) is 8.42 Å². The monoisotopic (exact) mass is 328 g/mol. The fraction of sp³-hybridized carbons (Fsp3) is 0.250. The highest BCUT2D eigenvalue weighted by molar-refractivity contribution is 9.11. The fourth-order valence-electron chi connectivity index (χ4n) is 1.31. The molecule has 1 aromatic carbocycles. The van der Waals surface area contributed by atoms with Gasteiger partial charge in [-0.2, -0.15) is 5.26 Å². The Morgan fingerprint density at radius 3 is 2.83 bits per heavy atom. The van der Waals surface area contributed by atoms with Crippen LogP contribution in [0.3, 0.4) is 0 Å². The summed E-state index contributed by atoms with van der Waals surface area (Å²) in [5.74, 6) is -0.0117. The maximum atomic E-state index is 12.0. The van der Waals surface area contributed by atoms with E-state index in [0.717, 1.165) is 4.48 Å². The SMILES string of the molecule is C=C(Br)CNCCS(=O)(=O)c1cccc(C#N)c1. The van der Waals surface area contributed by atoms with Gasteiger partial charge in [-0.15, -0.1) is 0 Å². The van der Waals surface area contributed by atoms with Crippen LogP contribution in [0, 0.1) is 11.3 Å². The minimum atomic E-state index is -3.35. The van der Waals surface area contributed by atoms with Crippen LogP contribution in [-0.4, -0.2) is 27.3 Å². The Morgan fingerprint density at radius 1 is 1.50 bits per heavy atom. The van der Waals surface area contributed by atoms with Crippen LogP contribution in [0.5, 0.6) is 0 Å². The number of rotatable bonds is 6. The third-order valence-corrected chi connectivity index (χ3v) is 4.18. The van der Waals surface area contributed by atoms with Gasteiger partial charge in [-0.1, -0.05) is 28.6 Å². The third kappa shape index (κ3) is 4.61. The molecule has 0 spiro atoms. The van der Waals surface area contributed by atoms with E-state index in [1.807, 2.05) is 6.07 Å². The van der Waals surface area contributed by atoms with Crippen molar-refractivity contribution in [3.63, 3.8) is 0 Å². The maximum absolute atomic E-state index is 12.0. The van der Waals surface area contributed by atoms with Crippen LogP contribution in [-0.2, 0) is 9.84 Å². The van der Waals surface area contributed by atoms with Gasteiger partial charge in [0.2, 0.25) is 0 Å². The average Bonchev–Trinajstić information content (AvgIpc) is 2.34. The van der Waals surface area contributed by atoms with Crippen LogP contribution in [0.2, 0.25) is 0 Å². The Labute approximate surface area is 115 Å². The maximum Gasteiger partial charge on any atom is 0.179 e. The van der Waals surface area contributed by atoms with Crippen molar-refractivity contribution in [1.29, 1.82) is 5.26 Å². The molecule has 0 atom stereocenters. The average molecular weight is 329 g/mol. The first-order chi connectivity index (χ1) is 8.45. The highest BCUT2D eigenvalue weighted by atomic mass is 79.9. The standard InChI is InChI=1S/C12H13BrN2O2S/c1-10(13)9-15-5-6-18(16,17)12-4-2-3-11(7-12)8-14/h2-4,7,15H,1,5-6,9H2. The van der Waals surface area contributed by atoms with Crippen molar-refractivity contribution in [2.75, 3.05) is 18.8 Å². The molecule has 0 radical (unpaired) electrons. The summed E-state index contributed by atoms with van der Waals surface area (Å²) < 4.78 is 24.7. The van der Waals surface area contributed by atoms with Crippen LogP contribution in [0.1, 0.15) is 5.56 Å². The molecule has 0 saturated heterocycles. The summed E-state index contributed by atoms with van der Waals surface area (Å²) in [7, 11) is -3.35. The first kappa shape index (κ1) is 14.9. The number of hydrogen-bond donors (Lipinski definition) is 1. The van der Waals surface area contributed by atoms with Crippen molar-refractivity contribution in [2.45, 2.75) is 4.90 Å². The quantitative estimate of drug-likeness (QED) is 0.809. The Kier molecular flexibility index (Phi) is 5.54. The van der Waals surface area contributed by atoms with E-state index in [2.05, 4.69) is 27.8 Å². The molecule has 0 saturated carbocycles. The normalized spacial score (nSPS) is 10.9. The predicted molar refractivity (Wildman–Crippen MR) is 74.1 cm³/mol. The predicted octanol–water partition coefficient (Wildman–Crippen LogP) is 1.83. The minimum absolute atomic E-state index is 0.0117. The first-order valence-electron chi connectivity index (χ1n) is 5.22. The topological polar surface area (TPSA) is 70.0 Å². The second-order valence-electron chi connectivity index (χ2n) is 3.65. The summed E-state index contributed by atoms with van der Waals surface area (Å²) in [6.45, 7) is 4.50. The molecule has 0 heterocycles. The zero-order chi connectivity index (χ0) is 13.6. The molecule has 1 rings (SSSR count). The number of benzene rings is 1. The molecular formula is C12H13BrN2O2S. The Morgan fingerprint density at radius 2 is 2.22 bits per heavy atom. The number of sulfone groups is 1. The molecule has 0 aromatic heterocycles. The van der Waals surface area contributed by atoms with Crippen molar-refractivity contribution in [2.24, 2.45) is 0 Å². The summed E-state index contributed by atoms with van der Waals surface area (Å²) >= 11 is 3.18. The Bertz CT molecular complexity index is 576. The van der Waals surface area contributed by atoms with Gasteiger partial charge in [-0.05, 0) is 18.2 Å². The van der Waals surface area contributed by atoms with Crippen molar-refractivity contribution in [1.82, 2.24) is 5.32 Å². The summed E-state index contributed by atoms with van der Waals surface area (Å²) in [6, 6.07) is 7.96. The van der Waals surface area contributed by atoms with E-state index in [1.165, 1.54) is 12.1 Å². The second kappa shape index (κ2) is 6.69. The minimum Gasteiger partial charge on any atom is -0.311 e. The summed E-state index contributed by atoms with van der Waals surface area (Å²) in [4.78, 5) is 0.181. The lowest BCUT2D eigenvalue weighted by Crippen LogP contribution is -2.24. The molecule has 1 aromatic rings. The molecular weight excluding hydrogens is 316 g/mol. The Hall–Kier alpha value is -1.16. The molecule has 4 nitrogen and oxygen atoms in total. The van der Waals surface area contributed by atoms with Crippen molar-refractivity contribution in [3.05, 3.63) is 40.9 Å². The van der Waals surface area contributed by atoms with Crippen LogP contribution in [0.25, 0.3) is 0 Å². The van der Waals surface area contributed by atoms with Gasteiger partial charge in [0.15, 0.2) is 9.84 Å². The largest absolute Gasteiger partial charge is 0.311 e. The fourth-order valence-corrected chi connectivity index (χ4v) is 2.75. The van der Waals surface area contributed by atoms with E-state index in [1.54, 1.807) is 12.1 Å². The zero-order valence-corrected chi connectivity index (χ0v) is 12.1. The molecule has 1 N–H and O–H groups in total. The summed E-state index contributed by atoms with van der Waals surface area (Å²) in [5, 5.41) is 11.7. The number of nitrogens with one attached hydrogen (secondary N) is 1. The Balaban J connectivity index is 2.69. The van der Waals surface area contributed by atoms with Gasteiger partial charge in [0.05, 0.1) is 22.3 Å². The van der Waals surface area contributed by atoms with E-state index in [-0.39, 0.29) is 10.6 Å². The molecule has 0 fully saturated rings. The summed E-state index contributed by atoms with van der Waals surface area (Å²) in [5.41, 5.74) is 0.345. The van der Waals surface area contributed by atoms with Gasteiger partial charge in [-0.3, -0.25) is 0 Å². The molecule has 0 amide bonds. The van der Waals surface area contributed by atoms with E-state index in [0.29, 0.717) is 18.7 Å². The van der Waals surface area contributed by atoms with E-state index >= 15 is 0 Å². The molecule has 6 heteroatoms. The third-order valence-electron chi connectivity index (χ3n) is 2.19. The highest BCUT2D eigenvalue weighted by Gasteiger charge is 2.14. The van der Waals surface area contributed by atoms with Gasteiger partial charge in [0.1, 0.15) is 0 Å². The zero-order valence-electron chi connectivity index (χ0n) is 9.69. The van der Waals surface area contributed by atoms with Gasteiger partial charge in [0.25, 0.3) is 0 Å². The highest BCUT2D eigenvalue weighted by Crippen LogP contribution is 2.12. The van der Waals surface area contributed by atoms with E-state index in [4.69, 9.17) is 5.26 Å². The van der Waals surface area contributed by atoms with Crippen LogP contribution < -0.4 is 5.32 Å². The first-order valence-corrected chi connectivity index (χ1v) is 7.67. The lowest BCUT2D eigenvalue weighted by molar-refractivity contribution is 0.592. The number of hydrogen-bond acceptors (Lipinski definition) is 4. The molecule has 0 aliphatic heterocycles. The second-order valence-corrected chi connectivity index (χ2v) is 6.88. The summed E-state index contributed by atoms with van der Waals surface area (Å²) in [6.07, 6.45) is 0. The number of halogens is 1. The molecule has 0 aliphatic carbocycles. The van der Waals surface area contributed by atoms with Crippen molar-refractivity contribution < 1.29 is 8.42 Å². The van der Waals surface area contributed by atoms with Gasteiger partial charge in [0, 0.05) is 17.6 Å². The smallest absolute Gasteiger partial charge is 0.179 e. The van der Waals surface area contributed by atoms with E-state index in [9.17, 15) is 8.42 Å². The molecule has 96 valence electrons. The molecule has 18 heavy (non-hydrogen) atoms. The van der Waals surface area contributed by atoms with E-state index < -0.39 is 9.84 Å². The molecule has 0 bridgehead atoms. The van der Waals surface area contributed by atoms with Gasteiger partial charge < -0.3 is 5.32 Å². The lowest BCUT2D eigenvalue weighted by Gasteiger charge is -2.06. The van der Waals surface area contributed by atoms with Crippen LogP contribution in [0.15, 0.2) is 40.2 Å². The van der Waals surface area contributed by atoms with Crippen molar-refractivity contribution >= 4 is 25.8 Å². The van der Waals surface area contributed by atoms with Crippen LogP contribution in [0.4, 0.5) is 0 Å². The van der Waals surface area contributed by atoms with Crippen LogP contribution >= 0.6 is 15.9 Å².